The summed E-state index contributed by atoms with van der Waals surface area (Å²) in [4.78, 5) is 15.0. The first-order chi connectivity index (χ1) is 7.66. The fourth-order valence-corrected chi connectivity index (χ4v) is 1.48. The van der Waals surface area contributed by atoms with Crippen LogP contribution in [0.2, 0.25) is 0 Å². The van der Waals surface area contributed by atoms with Gasteiger partial charge in [-0.05, 0) is 19.1 Å². The molecule has 1 heterocycles. The van der Waals surface area contributed by atoms with E-state index in [1.54, 1.807) is 6.07 Å². The number of hydrogen-bond donors (Lipinski definition) is 1. The topological polar surface area (TPSA) is 65.2 Å². The Balaban J connectivity index is 2.43. The van der Waals surface area contributed by atoms with Crippen molar-refractivity contribution in [3.8, 4) is 5.75 Å². The summed E-state index contributed by atoms with van der Waals surface area (Å²) in [5.41, 5.74) is 6.69. The molecule has 1 aromatic carbocycles. The van der Waals surface area contributed by atoms with Crippen LogP contribution in [-0.4, -0.2) is 17.5 Å². The number of ether oxygens (including phenoxy) is 1. The normalized spacial score (nSPS) is 10.3. The summed E-state index contributed by atoms with van der Waals surface area (Å²) >= 11 is 0. The first kappa shape index (κ1) is 10.4. The van der Waals surface area contributed by atoms with Crippen molar-refractivity contribution in [1.29, 1.82) is 0 Å². The number of nitrogens with two attached hydrogens (primary N) is 1. The Labute approximate surface area is 93.0 Å². The van der Waals surface area contributed by atoms with Gasteiger partial charge in [0.1, 0.15) is 11.3 Å². The zero-order valence-corrected chi connectivity index (χ0v) is 8.93. The SMILES string of the molecule is Cc1ccc2cccc(OCC(N)=O)c2n1. The molecule has 0 aliphatic rings. The first-order valence-corrected chi connectivity index (χ1v) is 4.94. The average Bonchev–Trinajstić information content (AvgIpc) is 2.26. The molecule has 1 amide bonds. The number of primary amides is 1. The molecular formula is C12H12N2O2. The molecule has 0 unspecified atom stereocenters. The maximum atomic E-state index is 10.7. The number of aromatic nitrogens is 1. The van der Waals surface area contributed by atoms with Crippen molar-refractivity contribution in [2.45, 2.75) is 6.92 Å². The van der Waals surface area contributed by atoms with Crippen LogP contribution in [0.15, 0.2) is 30.3 Å². The summed E-state index contributed by atoms with van der Waals surface area (Å²) in [7, 11) is 0. The van der Waals surface area contributed by atoms with Crippen molar-refractivity contribution in [1.82, 2.24) is 4.98 Å². The van der Waals surface area contributed by atoms with Crippen LogP contribution in [0.4, 0.5) is 0 Å². The van der Waals surface area contributed by atoms with Gasteiger partial charge in [0.05, 0.1) is 0 Å². The second-order valence-electron chi connectivity index (χ2n) is 3.54. The molecule has 82 valence electrons. The van der Waals surface area contributed by atoms with Gasteiger partial charge in [0.15, 0.2) is 6.61 Å². The van der Waals surface area contributed by atoms with Gasteiger partial charge in [0.2, 0.25) is 0 Å². The van der Waals surface area contributed by atoms with Crippen LogP contribution in [0.5, 0.6) is 5.75 Å². The minimum Gasteiger partial charge on any atom is -0.481 e. The summed E-state index contributed by atoms with van der Waals surface area (Å²) in [6, 6.07) is 9.47. The smallest absolute Gasteiger partial charge is 0.255 e. The monoisotopic (exact) mass is 216 g/mol. The molecule has 0 aliphatic carbocycles. The van der Waals surface area contributed by atoms with Crippen LogP contribution in [-0.2, 0) is 4.79 Å². The summed E-state index contributed by atoms with van der Waals surface area (Å²) < 4.78 is 5.30. The van der Waals surface area contributed by atoms with Crippen LogP contribution in [0.3, 0.4) is 0 Å². The summed E-state index contributed by atoms with van der Waals surface area (Å²) in [6.07, 6.45) is 0. The quantitative estimate of drug-likeness (QED) is 0.843. The molecule has 0 spiro atoms. The van der Waals surface area contributed by atoms with Gasteiger partial charge in [-0.1, -0.05) is 18.2 Å². The minimum absolute atomic E-state index is 0.130. The lowest BCUT2D eigenvalue weighted by molar-refractivity contribution is -0.119. The Morgan fingerprint density at radius 2 is 2.19 bits per heavy atom. The Morgan fingerprint density at radius 3 is 2.94 bits per heavy atom. The van der Waals surface area contributed by atoms with Crippen LogP contribution < -0.4 is 10.5 Å². The summed E-state index contributed by atoms with van der Waals surface area (Å²) in [5.74, 6) is 0.0876. The van der Waals surface area contributed by atoms with E-state index < -0.39 is 5.91 Å². The van der Waals surface area contributed by atoms with E-state index in [0.29, 0.717) is 5.75 Å². The van der Waals surface area contributed by atoms with Gasteiger partial charge in [-0.2, -0.15) is 0 Å². The molecule has 2 aromatic rings. The number of nitrogens with zero attached hydrogens (tertiary/aromatic N) is 1. The zero-order valence-electron chi connectivity index (χ0n) is 8.93. The number of rotatable bonds is 3. The number of carbonyl (C=O) groups excluding carboxylic acids is 1. The van der Waals surface area contributed by atoms with Gasteiger partial charge in [0.25, 0.3) is 5.91 Å². The largest absolute Gasteiger partial charge is 0.481 e. The van der Waals surface area contributed by atoms with E-state index in [-0.39, 0.29) is 6.61 Å². The molecular weight excluding hydrogens is 204 g/mol. The van der Waals surface area contributed by atoms with Gasteiger partial charge < -0.3 is 10.5 Å². The maximum Gasteiger partial charge on any atom is 0.255 e. The van der Waals surface area contributed by atoms with Crippen LogP contribution in [0, 0.1) is 6.92 Å². The highest BCUT2D eigenvalue weighted by atomic mass is 16.5. The Morgan fingerprint density at radius 1 is 1.38 bits per heavy atom. The van der Waals surface area contributed by atoms with Gasteiger partial charge >= 0.3 is 0 Å². The lowest BCUT2D eigenvalue weighted by Crippen LogP contribution is -2.20. The van der Waals surface area contributed by atoms with Gasteiger partial charge in [0, 0.05) is 11.1 Å². The Kier molecular flexibility index (Phi) is 2.72. The lowest BCUT2D eigenvalue weighted by atomic mass is 10.2. The molecule has 2 rings (SSSR count). The fraction of sp³-hybridized carbons (Fsp3) is 0.167. The van der Waals surface area contributed by atoms with E-state index in [1.165, 1.54) is 0 Å². The average molecular weight is 216 g/mol. The van der Waals surface area contributed by atoms with Crippen molar-refractivity contribution in [3.63, 3.8) is 0 Å². The number of fused-ring (bicyclic) bond motifs is 1. The number of pyridine rings is 1. The predicted octanol–water partition coefficient (Wildman–Crippen LogP) is 1.41. The van der Waals surface area contributed by atoms with E-state index in [1.807, 2.05) is 31.2 Å². The molecule has 4 nitrogen and oxygen atoms in total. The number of aryl methyl sites for hydroxylation is 1. The molecule has 0 aliphatic heterocycles. The molecule has 2 N–H and O–H groups in total. The third-order valence-corrected chi connectivity index (χ3v) is 2.19. The molecule has 16 heavy (non-hydrogen) atoms. The third kappa shape index (κ3) is 2.11. The van der Waals surface area contributed by atoms with Crippen LogP contribution in [0.1, 0.15) is 5.69 Å². The molecule has 0 atom stereocenters. The summed E-state index contributed by atoms with van der Waals surface area (Å²) in [6.45, 7) is 1.78. The first-order valence-electron chi connectivity index (χ1n) is 4.94. The van der Waals surface area contributed by atoms with Crippen LogP contribution in [0.25, 0.3) is 10.9 Å². The molecule has 0 bridgehead atoms. The van der Waals surface area contributed by atoms with E-state index >= 15 is 0 Å². The second kappa shape index (κ2) is 4.18. The fourth-order valence-electron chi connectivity index (χ4n) is 1.48. The molecule has 1 aromatic heterocycles. The predicted molar refractivity (Wildman–Crippen MR) is 61.2 cm³/mol. The Hall–Kier alpha value is -2.10. The number of carbonyl (C=O) groups is 1. The molecule has 0 saturated heterocycles. The number of benzene rings is 1. The summed E-state index contributed by atoms with van der Waals surface area (Å²) in [5, 5.41) is 0.979. The highest BCUT2D eigenvalue weighted by molar-refractivity contribution is 5.85. The van der Waals surface area contributed by atoms with Gasteiger partial charge in [-0.25, -0.2) is 4.98 Å². The van der Waals surface area contributed by atoms with E-state index in [2.05, 4.69) is 4.98 Å². The van der Waals surface area contributed by atoms with Crippen LogP contribution >= 0.6 is 0 Å². The standard InChI is InChI=1S/C12H12N2O2/c1-8-5-6-9-3-2-4-10(12(9)14-8)16-7-11(13)15/h2-6H,7H2,1H3,(H2,13,15). The maximum absolute atomic E-state index is 10.7. The highest BCUT2D eigenvalue weighted by Crippen LogP contribution is 2.23. The lowest BCUT2D eigenvalue weighted by Gasteiger charge is -2.07. The second-order valence-corrected chi connectivity index (χ2v) is 3.54. The van der Waals surface area contributed by atoms with Crippen molar-refractivity contribution < 1.29 is 9.53 Å². The van der Waals surface area contributed by atoms with E-state index in [0.717, 1.165) is 16.6 Å². The minimum atomic E-state index is -0.496. The Bertz CT molecular complexity index is 538. The van der Waals surface area contributed by atoms with Crippen molar-refractivity contribution >= 4 is 16.8 Å². The molecule has 0 saturated carbocycles. The molecule has 0 fully saturated rings. The van der Waals surface area contributed by atoms with E-state index in [4.69, 9.17) is 10.5 Å². The number of amides is 1. The molecule has 0 radical (unpaired) electrons. The van der Waals surface area contributed by atoms with Gasteiger partial charge in [-0.15, -0.1) is 0 Å². The van der Waals surface area contributed by atoms with Crippen molar-refractivity contribution in [2.75, 3.05) is 6.61 Å². The van der Waals surface area contributed by atoms with E-state index in [9.17, 15) is 4.79 Å². The number of hydrogen-bond acceptors (Lipinski definition) is 3. The van der Waals surface area contributed by atoms with Crippen molar-refractivity contribution in [3.05, 3.63) is 36.0 Å². The highest BCUT2D eigenvalue weighted by Gasteiger charge is 2.04. The zero-order chi connectivity index (χ0) is 11.5. The van der Waals surface area contributed by atoms with Crippen molar-refractivity contribution in [2.24, 2.45) is 5.73 Å². The number of para-hydroxylation sites is 1. The van der Waals surface area contributed by atoms with Gasteiger partial charge in [-0.3, -0.25) is 4.79 Å². The third-order valence-electron chi connectivity index (χ3n) is 2.19. The molecule has 4 heteroatoms.